The summed E-state index contributed by atoms with van der Waals surface area (Å²) in [6.45, 7) is 5.04. The summed E-state index contributed by atoms with van der Waals surface area (Å²) in [5, 5.41) is 19.1. The van der Waals surface area contributed by atoms with Crippen LogP contribution in [0.2, 0.25) is 0 Å². The summed E-state index contributed by atoms with van der Waals surface area (Å²) >= 11 is 0. The first-order chi connectivity index (χ1) is 15.5. The Labute approximate surface area is 186 Å². The topological polar surface area (TPSA) is 114 Å². The zero-order valence-corrected chi connectivity index (χ0v) is 17.8. The molecule has 2 aromatic carbocycles. The highest BCUT2D eigenvalue weighted by atomic mass is 16.7. The van der Waals surface area contributed by atoms with Crippen molar-refractivity contribution in [1.82, 2.24) is 5.32 Å². The van der Waals surface area contributed by atoms with Gasteiger partial charge in [0.25, 0.3) is 0 Å². The van der Waals surface area contributed by atoms with Gasteiger partial charge in [-0.25, -0.2) is 9.59 Å². The molecule has 0 amide bonds. The summed E-state index contributed by atoms with van der Waals surface area (Å²) in [7, 11) is 0. The number of carbonyl (C=O) groups is 2. The van der Waals surface area contributed by atoms with E-state index < -0.39 is 17.7 Å². The average molecular weight is 441 g/mol. The van der Waals surface area contributed by atoms with Gasteiger partial charge in [0.2, 0.25) is 5.79 Å². The number of aliphatic carboxylic acids is 2. The van der Waals surface area contributed by atoms with E-state index in [1.54, 1.807) is 0 Å². The maximum absolute atomic E-state index is 9.55. The lowest BCUT2D eigenvalue weighted by molar-refractivity contribution is -0.142. The first-order valence-corrected chi connectivity index (χ1v) is 10.4. The maximum atomic E-state index is 9.55. The predicted molar refractivity (Wildman–Crippen MR) is 116 cm³/mol. The molecular formula is C24H27NO7. The Morgan fingerprint density at radius 3 is 2.41 bits per heavy atom. The molecule has 2 heterocycles. The van der Waals surface area contributed by atoms with E-state index in [0.717, 1.165) is 42.0 Å². The number of para-hydroxylation sites is 1. The normalized spacial score (nSPS) is 21.1. The van der Waals surface area contributed by atoms with Crippen molar-refractivity contribution in [3.8, 4) is 5.75 Å². The number of fused-ring (bicyclic) bond motifs is 4. The Hall–Kier alpha value is -3.20. The van der Waals surface area contributed by atoms with Crippen LogP contribution in [0.25, 0.3) is 0 Å². The van der Waals surface area contributed by atoms with E-state index in [0.29, 0.717) is 25.4 Å². The first kappa shape index (κ1) is 23.5. The van der Waals surface area contributed by atoms with E-state index in [-0.39, 0.29) is 6.10 Å². The molecule has 4 rings (SSSR count). The van der Waals surface area contributed by atoms with Crippen molar-refractivity contribution in [3.63, 3.8) is 0 Å². The lowest BCUT2D eigenvalue weighted by Gasteiger charge is -2.29. The third-order valence-corrected chi connectivity index (χ3v) is 4.97. The summed E-state index contributed by atoms with van der Waals surface area (Å²) in [5.74, 6) is -2.56. The summed E-state index contributed by atoms with van der Waals surface area (Å²) in [5.41, 5.74) is 3.11. The summed E-state index contributed by atoms with van der Waals surface area (Å²) in [6.07, 6.45) is 2.25. The minimum atomic E-state index is -1.26. The highest BCUT2D eigenvalue weighted by molar-refractivity contribution is 5.89. The fourth-order valence-electron chi connectivity index (χ4n) is 3.61. The van der Waals surface area contributed by atoms with Crippen molar-refractivity contribution >= 4 is 11.9 Å². The second kappa shape index (κ2) is 10.9. The minimum absolute atomic E-state index is 0.0239. The molecule has 1 spiro atoms. The van der Waals surface area contributed by atoms with Crippen LogP contribution in [-0.2, 0) is 31.5 Å². The maximum Gasteiger partial charge on any atom is 0.328 e. The second-order valence-electron chi connectivity index (χ2n) is 7.32. The van der Waals surface area contributed by atoms with Crippen molar-refractivity contribution < 1.29 is 34.0 Å². The molecule has 2 unspecified atom stereocenters. The molecule has 0 radical (unpaired) electrons. The highest BCUT2D eigenvalue weighted by Gasteiger charge is 2.48. The van der Waals surface area contributed by atoms with Gasteiger partial charge in [-0.1, -0.05) is 43.3 Å². The van der Waals surface area contributed by atoms with E-state index in [1.807, 2.05) is 36.4 Å². The standard InChI is InChI=1S/C20H23NO3.C4H4O4/c1-2-11-21-12-16-14-23-20(24-16)17-8-4-3-7-15(17)13-22-19-10-6-5-9-18(19)20;5-3(6)1-2-4(7)8/h3-10,16,21H,2,11-14H2,1H3;1-2H,(H,5,6)(H,7,8)/b;2-1-. The molecule has 0 aromatic heterocycles. The van der Waals surface area contributed by atoms with Gasteiger partial charge in [-0.2, -0.15) is 0 Å². The van der Waals surface area contributed by atoms with Crippen LogP contribution < -0.4 is 10.1 Å². The lowest BCUT2D eigenvalue weighted by atomic mass is 9.93. The van der Waals surface area contributed by atoms with E-state index in [2.05, 4.69) is 24.4 Å². The van der Waals surface area contributed by atoms with Gasteiger partial charge in [0.1, 0.15) is 12.4 Å². The van der Waals surface area contributed by atoms with Crippen molar-refractivity contribution in [3.05, 3.63) is 77.4 Å². The SMILES string of the molecule is CCCNCC1COC2(O1)c1ccccc1COc1ccccc12.O=C(O)/C=C\C(=O)O. The Bertz CT molecular complexity index is 909. The Kier molecular flexibility index (Phi) is 7.99. The number of carboxylic acids is 2. The van der Waals surface area contributed by atoms with E-state index in [4.69, 9.17) is 24.4 Å². The molecule has 170 valence electrons. The van der Waals surface area contributed by atoms with E-state index in [9.17, 15) is 9.59 Å². The summed E-state index contributed by atoms with van der Waals surface area (Å²) in [6, 6.07) is 16.2. The minimum Gasteiger partial charge on any atom is -0.488 e. The molecule has 3 N–H and O–H groups in total. The van der Waals surface area contributed by atoms with Gasteiger partial charge >= 0.3 is 11.9 Å². The number of carboxylic acid groups (broad SMARTS) is 2. The summed E-state index contributed by atoms with van der Waals surface area (Å²) in [4.78, 5) is 19.1. The average Bonchev–Trinajstić information content (AvgIpc) is 3.16. The van der Waals surface area contributed by atoms with Crippen molar-refractivity contribution in [2.75, 3.05) is 19.7 Å². The van der Waals surface area contributed by atoms with Crippen LogP contribution in [0.4, 0.5) is 0 Å². The predicted octanol–water partition coefficient (Wildman–Crippen LogP) is 2.91. The molecule has 1 fully saturated rings. The largest absolute Gasteiger partial charge is 0.488 e. The molecule has 32 heavy (non-hydrogen) atoms. The second-order valence-corrected chi connectivity index (χ2v) is 7.32. The van der Waals surface area contributed by atoms with Crippen LogP contribution >= 0.6 is 0 Å². The number of hydrogen-bond acceptors (Lipinski definition) is 6. The molecule has 8 heteroatoms. The molecule has 2 aromatic rings. The van der Waals surface area contributed by atoms with E-state index >= 15 is 0 Å². The first-order valence-electron chi connectivity index (χ1n) is 10.4. The monoisotopic (exact) mass is 441 g/mol. The number of hydrogen-bond donors (Lipinski definition) is 3. The number of benzene rings is 2. The summed E-state index contributed by atoms with van der Waals surface area (Å²) < 4.78 is 18.8. The van der Waals surface area contributed by atoms with Crippen molar-refractivity contribution in [1.29, 1.82) is 0 Å². The van der Waals surface area contributed by atoms with Gasteiger partial charge in [0.05, 0.1) is 18.3 Å². The molecule has 0 saturated carbocycles. The molecule has 1 saturated heterocycles. The Balaban J connectivity index is 0.000000312. The van der Waals surface area contributed by atoms with Gasteiger partial charge in [0.15, 0.2) is 0 Å². The molecule has 0 bridgehead atoms. The van der Waals surface area contributed by atoms with Crippen molar-refractivity contribution in [2.24, 2.45) is 0 Å². The fourth-order valence-corrected chi connectivity index (χ4v) is 3.61. The molecule has 2 aliphatic heterocycles. The Morgan fingerprint density at radius 1 is 1.06 bits per heavy atom. The number of nitrogens with one attached hydrogen (secondary N) is 1. The van der Waals surface area contributed by atoms with Gasteiger partial charge < -0.3 is 29.7 Å². The lowest BCUT2D eigenvalue weighted by Crippen LogP contribution is -2.33. The molecule has 2 atom stereocenters. The van der Waals surface area contributed by atoms with Gasteiger partial charge in [-0.15, -0.1) is 0 Å². The van der Waals surface area contributed by atoms with Gasteiger partial charge in [0, 0.05) is 24.3 Å². The fraction of sp³-hybridized carbons (Fsp3) is 0.333. The van der Waals surface area contributed by atoms with Crippen molar-refractivity contribution in [2.45, 2.75) is 31.8 Å². The van der Waals surface area contributed by atoms with Gasteiger partial charge in [-0.3, -0.25) is 0 Å². The smallest absolute Gasteiger partial charge is 0.328 e. The molecule has 8 nitrogen and oxygen atoms in total. The zero-order chi connectivity index (χ0) is 23.0. The van der Waals surface area contributed by atoms with Gasteiger partial charge in [-0.05, 0) is 30.7 Å². The molecule has 0 aliphatic carbocycles. The number of rotatable bonds is 6. The van der Waals surface area contributed by atoms with Crippen LogP contribution in [0.3, 0.4) is 0 Å². The van der Waals surface area contributed by atoms with E-state index in [1.165, 1.54) is 0 Å². The van der Waals surface area contributed by atoms with Crippen LogP contribution in [-0.4, -0.2) is 48.0 Å². The highest BCUT2D eigenvalue weighted by Crippen LogP contribution is 2.47. The Morgan fingerprint density at radius 2 is 1.72 bits per heavy atom. The number of ether oxygens (including phenoxy) is 3. The quantitative estimate of drug-likeness (QED) is 0.463. The zero-order valence-electron chi connectivity index (χ0n) is 17.8. The van der Waals surface area contributed by atoms with Crippen LogP contribution in [0, 0.1) is 0 Å². The molecule has 2 aliphatic rings. The third kappa shape index (κ3) is 5.53. The van der Waals surface area contributed by atoms with Crippen LogP contribution in [0.15, 0.2) is 60.7 Å². The van der Waals surface area contributed by atoms with Crippen LogP contribution in [0.5, 0.6) is 5.75 Å². The third-order valence-electron chi connectivity index (χ3n) is 4.97. The molecular weight excluding hydrogens is 414 g/mol. The van der Waals surface area contributed by atoms with Crippen LogP contribution in [0.1, 0.15) is 30.0 Å².